The largest absolute Gasteiger partial charge is 0.463 e. The third kappa shape index (κ3) is 10.4. The molecule has 3 atom stereocenters. The molecule has 4 N–H and O–H groups in total. The molecule has 0 bridgehead atoms. The first-order chi connectivity index (χ1) is 10.9. The molecule has 0 aliphatic rings. The van der Waals surface area contributed by atoms with Crippen LogP contribution in [0.4, 0.5) is 0 Å². The molecule has 0 saturated carbocycles. The fraction of sp³-hybridized carbons (Fsp3) is 0.875. The lowest BCUT2D eigenvalue weighted by Crippen LogP contribution is -2.45. The van der Waals surface area contributed by atoms with E-state index in [0.717, 1.165) is 19.3 Å². The number of ketones is 1. The molecule has 7 nitrogen and oxygen atoms in total. The second-order valence-electron chi connectivity index (χ2n) is 5.68. The van der Waals surface area contributed by atoms with Crippen molar-refractivity contribution in [1.82, 2.24) is 0 Å². The lowest BCUT2D eigenvalue weighted by molar-refractivity contribution is -0.154. The highest BCUT2D eigenvalue weighted by atomic mass is 16.5. The van der Waals surface area contributed by atoms with Crippen molar-refractivity contribution >= 4 is 11.8 Å². The number of aliphatic hydroxyl groups excluding tert-OH is 4. The van der Waals surface area contributed by atoms with E-state index in [1.165, 1.54) is 19.3 Å². The van der Waals surface area contributed by atoms with Crippen LogP contribution in [-0.2, 0) is 14.3 Å². The van der Waals surface area contributed by atoms with Crippen molar-refractivity contribution in [1.29, 1.82) is 0 Å². The second kappa shape index (κ2) is 13.4. The Hall–Kier alpha value is -1.02. The Labute approximate surface area is 137 Å². The van der Waals surface area contributed by atoms with Crippen LogP contribution in [0.5, 0.6) is 0 Å². The highest BCUT2D eigenvalue weighted by Gasteiger charge is 2.30. The van der Waals surface area contributed by atoms with Crippen LogP contribution >= 0.6 is 0 Å². The van der Waals surface area contributed by atoms with Crippen molar-refractivity contribution in [3.63, 3.8) is 0 Å². The third-order valence-electron chi connectivity index (χ3n) is 3.60. The molecule has 7 heteroatoms. The van der Waals surface area contributed by atoms with Crippen LogP contribution in [0.1, 0.15) is 58.3 Å². The molecule has 23 heavy (non-hydrogen) atoms. The van der Waals surface area contributed by atoms with Gasteiger partial charge in [-0.15, -0.1) is 0 Å². The summed E-state index contributed by atoms with van der Waals surface area (Å²) >= 11 is 0. The van der Waals surface area contributed by atoms with Gasteiger partial charge in [0.05, 0.1) is 0 Å². The van der Waals surface area contributed by atoms with Gasteiger partial charge >= 0.3 is 5.97 Å². The Kier molecular flexibility index (Phi) is 12.8. The fourth-order valence-corrected chi connectivity index (χ4v) is 2.07. The normalized spacial score (nSPS) is 15.0. The molecule has 0 aromatic heterocycles. The molecular formula is C16H30O7. The maximum Gasteiger partial charge on any atom is 0.305 e. The van der Waals surface area contributed by atoms with Crippen LogP contribution < -0.4 is 0 Å². The average Bonchev–Trinajstić information content (AvgIpc) is 2.56. The predicted octanol–water partition coefficient (Wildman–Crippen LogP) is 0.314. The highest BCUT2D eigenvalue weighted by Crippen LogP contribution is 2.09. The molecule has 0 aliphatic carbocycles. The highest BCUT2D eigenvalue weighted by molar-refractivity contribution is 5.84. The summed E-state index contributed by atoms with van der Waals surface area (Å²) in [6.45, 7) is 0.704. The van der Waals surface area contributed by atoms with E-state index in [9.17, 15) is 24.9 Å². The predicted molar refractivity (Wildman–Crippen MR) is 83.7 cm³/mol. The third-order valence-corrected chi connectivity index (χ3v) is 3.60. The number of esters is 1. The number of ether oxygens (including phenoxy) is 1. The zero-order chi connectivity index (χ0) is 17.7. The molecule has 0 radical (unpaired) electrons. The monoisotopic (exact) mass is 334 g/mol. The maximum atomic E-state index is 11.5. The zero-order valence-electron chi connectivity index (χ0n) is 13.8. The lowest BCUT2D eigenvalue weighted by atomic mass is 10.1. The van der Waals surface area contributed by atoms with Gasteiger partial charge in [-0.3, -0.25) is 9.59 Å². The first kappa shape index (κ1) is 22.0. The van der Waals surface area contributed by atoms with Gasteiger partial charge < -0.3 is 25.2 Å². The summed E-state index contributed by atoms with van der Waals surface area (Å²) in [5.74, 6) is -1.50. The molecule has 0 fully saturated rings. The van der Waals surface area contributed by atoms with Crippen molar-refractivity contribution in [2.24, 2.45) is 0 Å². The summed E-state index contributed by atoms with van der Waals surface area (Å²) in [7, 11) is 0. The van der Waals surface area contributed by atoms with E-state index in [0.29, 0.717) is 6.42 Å². The number of unbranched alkanes of at least 4 members (excludes halogenated alkanes) is 6. The average molecular weight is 334 g/mol. The van der Waals surface area contributed by atoms with Crippen molar-refractivity contribution in [2.45, 2.75) is 76.6 Å². The van der Waals surface area contributed by atoms with E-state index >= 15 is 0 Å². The van der Waals surface area contributed by atoms with Gasteiger partial charge in [-0.1, -0.05) is 45.4 Å². The van der Waals surface area contributed by atoms with Crippen LogP contribution in [0.3, 0.4) is 0 Å². The molecule has 0 unspecified atom stereocenters. The summed E-state index contributed by atoms with van der Waals surface area (Å²) in [5.41, 5.74) is 0. The fourth-order valence-electron chi connectivity index (χ4n) is 2.07. The summed E-state index contributed by atoms with van der Waals surface area (Å²) in [6.07, 6.45) is 2.44. The van der Waals surface area contributed by atoms with Gasteiger partial charge in [0.1, 0.15) is 31.5 Å². The number of rotatable bonds is 14. The molecular weight excluding hydrogens is 304 g/mol. The van der Waals surface area contributed by atoms with Crippen LogP contribution in [-0.4, -0.2) is 63.7 Å². The van der Waals surface area contributed by atoms with Gasteiger partial charge in [0.2, 0.25) is 0 Å². The Morgan fingerprint density at radius 1 is 0.957 bits per heavy atom. The van der Waals surface area contributed by atoms with Gasteiger partial charge in [-0.2, -0.15) is 0 Å². The Bertz CT molecular complexity index is 332. The maximum absolute atomic E-state index is 11.5. The molecule has 0 saturated heterocycles. The number of aliphatic hydroxyl groups is 4. The summed E-state index contributed by atoms with van der Waals surface area (Å²) in [4.78, 5) is 22.5. The lowest BCUT2D eigenvalue weighted by Gasteiger charge is -2.21. The summed E-state index contributed by atoms with van der Waals surface area (Å²) < 4.78 is 4.80. The Morgan fingerprint density at radius 2 is 1.52 bits per heavy atom. The van der Waals surface area contributed by atoms with Crippen molar-refractivity contribution < 1.29 is 34.8 Å². The molecule has 0 heterocycles. The van der Waals surface area contributed by atoms with Crippen LogP contribution in [0.15, 0.2) is 0 Å². The van der Waals surface area contributed by atoms with Gasteiger partial charge in [-0.05, 0) is 6.42 Å². The SMILES string of the molecule is CCCCCCCCCC(=O)OC[C@@H](O)[C@@H](O)[C@H](O)C(=O)CO. The minimum Gasteiger partial charge on any atom is -0.463 e. The van der Waals surface area contributed by atoms with E-state index in [-0.39, 0.29) is 6.42 Å². The number of hydrogen-bond acceptors (Lipinski definition) is 7. The Morgan fingerprint density at radius 3 is 2.09 bits per heavy atom. The number of hydrogen-bond donors (Lipinski definition) is 4. The zero-order valence-corrected chi connectivity index (χ0v) is 13.8. The smallest absolute Gasteiger partial charge is 0.305 e. The van der Waals surface area contributed by atoms with E-state index in [4.69, 9.17) is 9.84 Å². The van der Waals surface area contributed by atoms with Gasteiger partial charge in [0.15, 0.2) is 5.78 Å². The van der Waals surface area contributed by atoms with Crippen LogP contribution in [0.25, 0.3) is 0 Å². The van der Waals surface area contributed by atoms with E-state index in [1.54, 1.807) is 0 Å². The molecule has 0 aromatic carbocycles. The van der Waals surface area contributed by atoms with Gasteiger partial charge in [0, 0.05) is 6.42 Å². The van der Waals surface area contributed by atoms with Crippen molar-refractivity contribution in [3.8, 4) is 0 Å². The number of carbonyl (C=O) groups is 2. The molecule has 0 aromatic rings. The number of carbonyl (C=O) groups excluding carboxylic acids is 2. The van der Waals surface area contributed by atoms with Gasteiger partial charge in [-0.25, -0.2) is 0 Å². The van der Waals surface area contributed by atoms with Crippen LogP contribution in [0.2, 0.25) is 0 Å². The Balaban J connectivity index is 3.77. The first-order valence-corrected chi connectivity index (χ1v) is 8.27. The minimum atomic E-state index is -1.91. The first-order valence-electron chi connectivity index (χ1n) is 8.27. The van der Waals surface area contributed by atoms with Crippen LogP contribution in [0, 0.1) is 0 Å². The molecule has 136 valence electrons. The quantitative estimate of drug-likeness (QED) is 0.266. The topological polar surface area (TPSA) is 124 Å². The van der Waals surface area contributed by atoms with E-state index in [2.05, 4.69) is 6.92 Å². The van der Waals surface area contributed by atoms with Gasteiger partial charge in [0.25, 0.3) is 0 Å². The standard InChI is InChI=1S/C16H30O7/c1-2-3-4-5-6-7-8-9-14(20)23-11-13(19)16(22)15(21)12(18)10-17/h13,15-17,19,21-22H,2-11H2,1H3/t13-,15-,16-/m1/s1. The molecule has 0 aliphatic heterocycles. The molecule has 0 spiro atoms. The minimum absolute atomic E-state index is 0.231. The van der Waals surface area contributed by atoms with Crippen molar-refractivity contribution in [3.05, 3.63) is 0 Å². The summed E-state index contributed by atoms with van der Waals surface area (Å²) in [6, 6.07) is 0. The second-order valence-corrected chi connectivity index (χ2v) is 5.68. The molecule has 0 amide bonds. The van der Waals surface area contributed by atoms with E-state index in [1.807, 2.05) is 0 Å². The summed E-state index contributed by atoms with van der Waals surface area (Å²) in [5, 5.41) is 36.9. The number of Topliss-reactive ketones (excluding diaryl/α,β-unsaturated/α-hetero) is 1. The van der Waals surface area contributed by atoms with Crippen molar-refractivity contribution in [2.75, 3.05) is 13.2 Å². The molecule has 0 rings (SSSR count). The van der Waals surface area contributed by atoms with E-state index < -0.39 is 43.3 Å².